The Labute approximate surface area is 134 Å². The van der Waals surface area contributed by atoms with E-state index < -0.39 is 17.8 Å². The van der Waals surface area contributed by atoms with E-state index in [9.17, 15) is 14.0 Å². The fourth-order valence-corrected chi connectivity index (χ4v) is 2.19. The van der Waals surface area contributed by atoms with Crippen molar-refractivity contribution < 1.29 is 19.1 Å². The number of nitrogens with one attached hydrogen (secondary N) is 1. The summed E-state index contributed by atoms with van der Waals surface area (Å²) in [5.41, 5.74) is 0.383. The molecule has 0 aromatic heterocycles. The SMILES string of the molecule is CCC(C)C(C)C(=O)NC(CC(=O)O)c1ccc(Cl)c(F)c1. The molecule has 3 atom stereocenters. The van der Waals surface area contributed by atoms with Gasteiger partial charge in [-0.15, -0.1) is 0 Å². The summed E-state index contributed by atoms with van der Waals surface area (Å²) in [6.07, 6.45) is 0.522. The predicted molar refractivity (Wildman–Crippen MR) is 83.2 cm³/mol. The number of carboxylic acids is 1. The molecular formula is C16H21ClFNO3. The van der Waals surface area contributed by atoms with Crippen LogP contribution < -0.4 is 5.32 Å². The first-order valence-corrected chi connectivity index (χ1v) is 7.61. The van der Waals surface area contributed by atoms with E-state index in [2.05, 4.69) is 5.32 Å². The van der Waals surface area contributed by atoms with Gasteiger partial charge in [-0.3, -0.25) is 9.59 Å². The van der Waals surface area contributed by atoms with Gasteiger partial charge < -0.3 is 10.4 Å². The standard InChI is InChI=1S/C16H21ClFNO3/c1-4-9(2)10(3)16(22)19-14(8-15(20)21)11-5-6-12(17)13(18)7-11/h5-7,9-10,14H,4,8H2,1-3H3,(H,19,22)(H,20,21). The summed E-state index contributed by atoms with van der Waals surface area (Å²) in [4.78, 5) is 23.2. The number of hydrogen-bond donors (Lipinski definition) is 2. The third-order valence-electron chi connectivity index (χ3n) is 3.95. The molecule has 6 heteroatoms. The van der Waals surface area contributed by atoms with Crippen molar-refractivity contribution in [1.82, 2.24) is 5.32 Å². The van der Waals surface area contributed by atoms with Crippen LogP contribution in [0.2, 0.25) is 5.02 Å². The number of aliphatic carboxylic acids is 1. The van der Waals surface area contributed by atoms with Crippen molar-refractivity contribution in [2.45, 2.75) is 39.7 Å². The van der Waals surface area contributed by atoms with Gasteiger partial charge in [0.15, 0.2) is 0 Å². The van der Waals surface area contributed by atoms with Crippen LogP contribution in [-0.4, -0.2) is 17.0 Å². The van der Waals surface area contributed by atoms with Crippen molar-refractivity contribution >= 4 is 23.5 Å². The third kappa shape index (κ3) is 4.98. The largest absolute Gasteiger partial charge is 0.481 e. The van der Waals surface area contributed by atoms with Crippen LogP contribution in [0.3, 0.4) is 0 Å². The molecule has 0 radical (unpaired) electrons. The maximum Gasteiger partial charge on any atom is 0.305 e. The Hall–Kier alpha value is -1.62. The average molecular weight is 330 g/mol. The fraction of sp³-hybridized carbons (Fsp3) is 0.500. The van der Waals surface area contributed by atoms with Gasteiger partial charge in [0.25, 0.3) is 0 Å². The lowest BCUT2D eigenvalue weighted by Crippen LogP contribution is -2.36. The Bertz CT molecular complexity index is 550. The number of carbonyl (C=O) groups excluding carboxylic acids is 1. The van der Waals surface area contributed by atoms with E-state index in [1.807, 2.05) is 13.8 Å². The highest BCUT2D eigenvalue weighted by Gasteiger charge is 2.24. The minimum atomic E-state index is -1.07. The average Bonchev–Trinajstić information content (AvgIpc) is 2.47. The van der Waals surface area contributed by atoms with Gasteiger partial charge in [-0.05, 0) is 23.6 Å². The predicted octanol–water partition coefficient (Wildman–Crippen LogP) is 3.79. The number of amides is 1. The molecule has 1 aromatic rings. The lowest BCUT2D eigenvalue weighted by Gasteiger charge is -2.23. The molecule has 1 amide bonds. The Kier molecular flexibility index (Phi) is 6.81. The number of carbonyl (C=O) groups is 2. The molecule has 22 heavy (non-hydrogen) atoms. The molecule has 3 unspecified atom stereocenters. The first kappa shape index (κ1) is 18.4. The molecule has 0 aliphatic heterocycles. The molecule has 4 nitrogen and oxygen atoms in total. The van der Waals surface area contributed by atoms with E-state index in [4.69, 9.17) is 16.7 Å². The zero-order chi connectivity index (χ0) is 16.9. The Balaban J connectivity index is 2.95. The maximum atomic E-state index is 13.6. The lowest BCUT2D eigenvalue weighted by atomic mass is 9.92. The Morgan fingerprint density at radius 1 is 1.36 bits per heavy atom. The molecule has 0 spiro atoms. The highest BCUT2D eigenvalue weighted by Crippen LogP contribution is 2.24. The van der Waals surface area contributed by atoms with Crippen molar-refractivity contribution in [3.05, 3.63) is 34.6 Å². The van der Waals surface area contributed by atoms with E-state index in [0.29, 0.717) is 5.56 Å². The molecule has 0 aliphatic carbocycles. The lowest BCUT2D eigenvalue weighted by molar-refractivity contribution is -0.138. The summed E-state index contributed by atoms with van der Waals surface area (Å²) in [5.74, 6) is -2.03. The number of halogens is 2. The van der Waals surface area contributed by atoms with E-state index >= 15 is 0 Å². The molecule has 122 valence electrons. The Morgan fingerprint density at radius 3 is 2.50 bits per heavy atom. The van der Waals surface area contributed by atoms with E-state index in [0.717, 1.165) is 12.5 Å². The summed E-state index contributed by atoms with van der Waals surface area (Å²) in [7, 11) is 0. The monoisotopic (exact) mass is 329 g/mol. The van der Waals surface area contributed by atoms with Crippen LogP contribution in [0.25, 0.3) is 0 Å². The van der Waals surface area contributed by atoms with Gasteiger partial charge >= 0.3 is 5.97 Å². The summed E-state index contributed by atoms with van der Waals surface area (Å²) < 4.78 is 13.6. The van der Waals surface area contributed by atoms with Crippen molar-refractivity contribution in [3.8, 4) is 0 Å². The van der Waals surface area contributed by atoms with Gasteiger partial charge in [0.05, 0.1) is 17.5 Å². The molecule has 1 rings (SSSR count). The van der Waals surface area contributed by atoms with E-state index in [1.165, 1.54) is 12.1 Å². The van der Waals surface area contributed by atoms with Crippen LogP contribution in [0.4, 0.5) is 4.39 Å². The van der Waals surface area contributed by atoms with Gasteiger partial charge in [0.2, 0.25) is 5.91 Å². The third-order valence-corrected chi connectivity index (χ3v) is 4.26. The van der Waals surface area contributed by atoms with Crippen LogP contribution in [-0.2, 0) is 9.59 Å². The van der Waals surface area contributed by atoms with Gasteiger partial charge in [-0.25, -0.2) is 4.39 Å². The topological polar surface area (TPSA) is 66.4 Å². The van der Waals surface area contributed by atoms with Gasteiger partial charge in [0, 0.05) is 5.92 Å². The number of hydrogen-bond acceptors (Lipinski definition) is 2. The van der Waals surface area contributed by atoms with Crippen LogP contribution in [0, 0.1) is 17.7 Å². The van der Waals surface area contributed by atoms with Gasteiger partial charge in [-0.2, -0.15) is 0 Å². The highest BCUT2D eigenvalue weighted by atomic mass is 35.5. The van der Waals surface area contributed by atoms with Crippen molar-refractivity contribution in [2.24, 2.45) is 11.8 Å². The quantitative estimate of drug-likeness (QED) is 0.799. The molecule has 0 fully saturated rings. The van der Waals surface area contributed by atoms with Crippen molar-refractivity contribution in [2.75, 3.05) is 0 Å². The van der Waals surface area contributed by atoms with Crippen LogP contribution in [0.5, 0.6) is 0 Å². The molecule has 0 saturated carbocycles. The van der Waals surface area contributed by atoms with Gasteiger partial charge in [-0.1, -0.05) is 44.9 Å². The van der Waals surface area contributed by atoms with Crippen LogP contribution >= 0.6 is 11.6 Å². The summed E-state index contributed by atoms with van der Waals surface area (Å²) in [6.45, 7) is 5.74. The number of rotatable bonds is 7. The van der Waals surface area contributed by atoms with Crippen LogP contribution in [0.15, 0.2) is 18.2 Å². The first-order valence-electron chi connectivity index (χ1n) is 7.23. The molecule has 0 bridgehead atoms. The summed E-state index contributed by atoms with van der Waals surface area (Å²) >= 11 is 5.63. The molecule has 0 heterocycles. The summed E-state index contributed by atoms with van der Waals surface area (Å²) in [6, 6.07) is 3.24. The molecule has 2 N–H and O–H groups in total. The number of benzene rings is 1. The van der Waals surface area contributed by atoms with Crippen LogP contribution in [0.1, 0.15) is 45.2 Å². The second-order valence-corrected chi connectivity index (χ2v) is 5.91. The fourth-order valence-electron chi connectivity index (χ4n) is 2.07. The first-order chi connectivity index (χ1) is 10.3. The van der Waals surface area contributed by atoms with Crippen molar-refractivity contribution in [3.63, 3.8) is 0 Å². The van der Waals surface area contributed by atoms with E-state index in [-0.39, 0.29) is 29.2 Å². The molecule has 0 aliphatic rings. The normalized spacial score (nSPS) is 15.0. The summed E-state index contributed by atoms with van der Waals surface area (Å²) in [5, 5.41) is 11.7. The smallest absolute Gasteiger partial charge is 0.305 e. The second-order valence-electron chi connectivity index (χ2n) is 5.51. The highest BCUT2D eigenvalue weighted by molar-refractivity contribution is 6.30. The zero-order valence-corrected chi connectivity index (χ0v) is 13.7. The maximum absolute atomic E-state index is 13.6. The Morgan fingerprint density at radius 2 is 2.00 bits per heavy atom. The zero-order valence-electron chi connectivity index (χ0n) is 12.9. The molecule has 0 saturated heterocycles. The molecule has 1 aromatic carbocycles. The van der Waals surface area contributed by atoms with Crippen molar-refractivity contribution in [1.29, 1.82) is 0 Å². The minimum Gasteiger partial charge on any atom is -0.481 e. The minimum absolute atomic E-state index is 0.0443. The van der Waals surface area contributed by atoms with E-state index in [1.54, 1.807) is 6.92 Å². The van der Waals surface area contributed by atoms with Gasteiger partial charge in [0.1, 0.15) is 5.82 Å². The molecular weight excluding hydrogens is 309 g/mol. The number of carboxylic acid groups (broad SMARTS) is 1. The second kappa shape index (κ2) is 8.13.